The Kier molecular flexibility index (Phi) is 5.91. The average molecular weight is 463 g/mol. The van der Waals surface area contributed by atoms with Gasteiger partial charge >= 0.3 is 0 Å². The molecule has 0 aliphatic heterocycles. The molecule has 0 radical (unpaired) electrons. The zero-order valence-electron chi connectivity index (χ0n) is 19.5. The lowest BCUT2D eigenvalue weighted by Crippen LogP contribution is -2.36. The number of hydrogen-bond donors (Lipinski definition) is 2. The van der Waals surface area contributed by atoms with Gasteiger partial charge in [0.1, 0.15) is 10.7 Å². The second-order valence-electron chi connectivity index (χ2n) is 9.47. The van der Waals surface area contributed by atoms with Crippen LogP contribution in [0.15, 0.2) is 18.2 Å². The van der Waals surface area contributed by atoms with Gasteiger partial charge in [-0.3, -0.25) is 9.59 Å². The standard InChI is InChI=1S/C26H30N4O2S/c1-14-13-18(24(31)28-19-7-5-4-6-8-19)11-12-20(14)29-25(32)22-15(2)21-16(3)27-23(17-9-10-17)30-26(21)33-22/h11-13,17,19H,4-10H2,1-3H3,(H,28,31)(H,29,32). The first-order chi connectivity index (χ1) is 15.9. The Morgan fingerprint density at radius 3 is 2.42 bits per heavy atom. The summed E-state index contributed by atoms with van der Waals surface area (Å²) in [6.45, 7) is 5.88. The molecule has 2 heterocycles. The lowest BCUT2D eigenvalue weighted by atomic mass is 9.95. The molecule has 2 amide bonds. The topological polar surface area (TPSA) is 84.0 Å². The monoisotopic (exact) mass is 462 g/mol. The first-order valence-corrected chi connectivity index (χ1v) is 12.7. The van der Waals surface area contributed by atoms with E-state index in [1.54, 1.807) is 6.07 Å². The van der Waals surface area contributed by atoms with E-state index < -0.39 is 0 Å². The Bertz CT molecular complexity index is 1240. The van der Waals surface area contributed by atoms with Crippen molar-refractivity contribution in [3.05, 3.63) is 51.3 Å². The third-order valence-electron chi connectivity index (χ3n) is 6.81. The quantitative estimate of drug-likeness (QED) is 0.501. The highest BCUT2D eigenvalue weighted by Gasteiger charge is 2.28. The smallest absolute Gasteiger partial charge is 0.266 e. The summed E-state index contributed by atoms with van der Waals surface area (Å²) in [4.78, 5) is 36.8. The van der Waals surface area contributed by atoms with Gasteiger partial charge in [-0.1, -0.05) is 19.3 Å². The molecule has 33 heavy (non-hydrogen) atoms. The number of carbonyl (C=O) groups excluding carboxylic acids is 2. The summed E-state index contributed by atoms with van der Waals surface area (Å²) in [5.41, 5.74) is 4.08. The van der Waals surface area contributed by atoms with Crippen molar-refractivity contribution in [2.24, 2.45) is 0 Å². The summed E-state index contributed by atoms with van der Waals surface area (Å²) < 4.78 is 0. The summed E-state index contributed by atoms with van der Waals surface area (Å²) in [7, 11) is 0. The van der Waals surface area contributed by atoms with Crippen molar-refractivity contribution in [1.82, 2.24) is 15.3 Å². The summed E-state index contributed by atoms with van der Waals surface area (Å²) >= 11 is 1.43. The number of fused-ring (bicyclic) bond motifs is 1. The van der Waals surface area contributed by atoms with E-state index >= 15 is 0 Å². The molecule has 6 nitrogen and oxygen atoms in total. The van der Waals surface area contributed by atoms with Gasteiger partial charge in [0, 0.05) is 28.6 Å². The van der Waals surface area contributed by atoms with E-state index in [9.17, 15) is 9.59 Å². The molecule has 172 valence electrons. The summed E-state index contributed by atoms with van der Waals surface area (Å²) in [6.07, 6.45) is 8.02. The molecule has 0 atom stereocenters. The minimum absolute atomic E-state index is 0.0382. The van der Waals surface area contributed by atoms with Crippen molar-refractivity contribution in [3.8, 4) is 0 Å². The number of nitrogens with one attached hydrogen (secondary N) is 2. The van der Waals surface area contributed by atoms with E-state index in [4.69, 9.17) is 4.98 Å². The molecule has 2 aromatic heterocycles. The van der Waals surface area contributed by atoms with Gasteiger partial charge in [-0.15, -0.1) is 11.3 Å². The number of aromatic nitrogens is 2. The maximum Gasteiger partial charge on any atom is 0.266 e. The Balaban J connectivity index is 1.33. The molecule has 2 saturated carbocycles. The molecule has 0 spiro atoms. The number of nitrogens with zero attached hydrogens (tertiary/aromatic N) is 2. The van der Waals surface area contributed by atoms with Crippen LogP contribution in [0.1, 0.15) is 93.5 Å². The van der Waals surface area contributed by atoms with Crippen molar-refractivity contribution in [3.63, 3.8) is 0 Å². The second-order valence-corrected chi connectivity index (χ2v) is 10.5. The van der Waals surface area contributed by atoms with Gasteiger partial charge in [-0.25, -0.2) is 9.97 Å². The molecule has 2 aliphatic carbocycles. The van der Waals surface area contributed by atoms with Gasteiger partial charge in [-0.05, 0) is 75.8 Å². The van der Waals surface area contributed by atoms with E-state index in [0.717, 1.165) is 58.5 Å². The summed E-state index contributed by atoms with van der Waals surface area (Å²) in [5.74, 6) is 1.20. The predicted molar refractivity (Wildman–Crippen MR) is 132 cm³/mol. The number of benzene rings is 1. The largest absolute Gasteiger partial charge is 0.349 e. The molecule has 2 aliphatic rings. The lowest BCUT2D eigenvalue weighted by molar-refractivity contribution is 0.0927. The van der Waals surface area contributed by atoms with Crippen LogP contribution in [0.4, 0.5) is 5.69 Å². The van der Waals surface area contributed by atoms with E-state index in [1.165, 1.54) is 30.6 Å². The molecule has 0 unspecified atom stereocenters. The molecule has 3 aromatic rings. The third-order valence-corrected chi connectivity index (χ3v) is 8.00. The molecule has 0 bridgehead atoms. The third kappa shape index (κ3) is 4.51. The van der Waals surface area contributed by atoms with Gasteiger partial charge < -0.3 is 10.6 Å². The molecule has 0 saturated heterocycles. The van der Waals surface area contributed by atoms with Crippen LogP contribution in [-0.2, 0) is 0 Å². The van der Waals surface area contributed by atoms with Crippen LogP contribution in [0, 0.1) is 20.8 Å². The zero-order valence-corrected chi connectivity index (χ0v) is 20.3. The average Bonchev–Trinajstić information content (AvgIpc) is 3.59. The second kappa shape index (κ2) is 8.86. The molecule has 1 aromatic carbocycles. The number of amides is 2. The van der Waals surface area contributed by atoms with Gasteiger partial charge in [0.25, 0.3) is 11.8 Å². The van der Waals surface area contributed by atoms with E-state index in [0.29, 0.717) is 22.0 Å². The maximum atomic E-state index is 13.2. The lowest BCUT2D eigenvalue weighted by Gasteiger charge is -2.23. The summed E-state index contributed by atoms with van der Waals surface area (Å²) in [6, 6.07) is 5.73. The minimum atomic E-state index is -0.148. The highest BCUT2D eigenvalue weighted by Crippen LogP contribution is 2.40. The van der Waals surface area contributed by atoms with Crippen LogP contribution in [-0.4, -0.2) is 27.8 Å². The highest BCUT2D eigenvalue weighted by atomic mass is 32.1. The van der Waals surface area contributed by atoms with Crippen LogP contribution < -0.4 is 10.6 Å². The Labute approximate surface area is 198 Å². The van der Waals surface area contributed by atoms with E-state index in [1.807, 2.05) is 32.9 Å². The number of hydrogen-bond acceptors (Lipinski definition) is 5. The van der Waals surface area contributed by atoms with Crippen LogP contribution in [0.25, 0.3) is 10.2 Å². The number of anilines is 1. The van der Waals surface area contributed by atoms with Crippen LogP contribution in [0.3, 0.4) is 0 Å². The predicted octanol–water partition coefficient (Wildman–Crippen LogP) is 5.81. The SMILES string of the molecule is Cc1cc(C(=O)NC2CCCCC2)ccc1NC(=O)c1sc2nc(C3CC3)nc(C)c2c1C. The fourth-order valence-electron chi connectivity index (χ4n) is 4.74. The summed E-state index contributed by atoms with van der Waals surface area (Å²) in [5, 5.41) is 7.18. The minimum Gasteiger partial charge on any atom is -0.349 e. The van der Waals surface area contributed by atoms with Gasteiger partial charge in [0.2, 0.25) is 0 Å². The maximum absolute atomic E-state index is 13.2. The Morgan fingerprint density at radius 2 is 1.73 bits per heavy atom. The van der Waals surface area contributed by atoms with Crippen LogP contribution in [0.5, 0.6) is 0 Å². The number of thiophene rings is 1. The Hall–Kier alpha value is -2.80. The molecular weight excluding hydrogens is 432 g/mol. The molecule has 5 rings (SSSR count). The molecule has 2 fully saturated rings. The number of aryl methyl sites for hydroxylation is 3. The first-order valence-electron chi connectivity index (χ1n) is 11.9. The number of carbonyl (C=O) groups is 2. The molecular formula is C26H30N4O2S. The van der Waals surface area contributed by atoms with Crippen molar-refractivity contribution in [2.45, 2.75) is 77.7 Å². The fourth-order valence-corrected chi connectivity index (χ4v) is 5.87. The van der Waals surface area contributed by atoms with Crippen molar-refractivity contribution in [1.29, 1.82) is 0 Å². The first kappa shape index (κ1) is 22.0. The van der Waals surface area contributed by atoms with Crippen molar-refractivity contribution >= 4 is 39.1 Å². The van der Waals surface area contributed by atoms with E-state index in [2.05, 4.69) is 15.6 Å². The zero-order chi connectivity index (χ0) is 23.1. The number of rotatable bonds is 5. The van der Waals surface area contributed by atoms with Gasteiger partial charge in [0.15, 0.2) is 0 Å². The van der Waals surface area contributed by atoms with Gasteiger partial charge in [0.05, 0.1) is 10.6 Å². The van der Waals surface area contributed by atoms with Crippen molar-refractivity contribution in [2.75, 3.05) is 5.32 Å². The molecule has 2 N–H and O–H groups in total. The van der Waals surface area contributed by atoms with Crippen LogP contribution in [0.2, 0.25) is 0 Å². The molecule has 7 heteroatoms. The highest BCUT2D eigenvalue weighted by molar-refractivity contribution is 7.20. The Morgan fingerprint density at radius 1 is 0.970 bits per heavy atom. The fraction of sp³-hybridized carbons (Fsp3) is 0.462. The van der Waals surface area contributed by atoms with Gasteiger partial charge in [-0.2, -0.15) is 0 Å². The van der Waals surface area contributed by atoms with E-state index in [-0.39, 0.29) is 17.9 Å². The van der Waals surface area contributed by atoms with Crippen molar-refractivity contribution < 1.29 is 9.59 Å². The normalized spacial score (nSPS) is 16.7. The van der Waals surface area contributed by atoms with Crippen LogP contribution >= 0.6 is 11.3 Å².